The van der Waals surface area contributed by atoms with Crippen molar-refractivity contribution in [1.29, 1.82) is 0 Å². The number of β-lactam (4-membered cyclic amide) rings is 1. The molecule has 1 fully saturated rings. The Kier molecular flexibility index (Phi) is 3.54. The standard InChI is InChI=1S/C16H14N2O4S2/c1-8(19)17-3-2-13-9(6-17)4-10(24-13)5-11-14(20)18-12(16(21)22)7-23-15(11)18/h4-5,7,15H,2-3,6H2,1H3,(H,21,22)/t15-/m1/s1. The number of hydrogen-bond acceptors (Lipinski definition) is 5. The van der Waals surface area contributed by atoms with Crippen LogP contribution < -0.4 is 0 Å². The van der Waals surface area contributed by atoms with Crippen LogP contribution in [-0.2, 0) is 27.3 Å². The van der Waals surface area contributed by atoms with Crippen LogP contribution >= 0.6 is 23.1 Å². The first-order chi connectivity index (χ1) is 11.5. The molecule has 0 radical (unpaired) electrons. The van der Waals surface area contributed by atoms with Gasteiger partial charge in [0, 0.05) is 35.2 Å². The minimum Gasteiger partial charge on any atom is -0.477 e. The number of carboxylic acids is 1. The number of carbonyl (C=O) groups excluding carboxylic acids is 2. The molecule has 3 aliphatic heterocycles. The number of fused-ring (bicyclic) bond motifs is 2. The molecule has 0 aliphatic carbocycles. The number of carboxylic acid groups (broad SMARTS) is 1. The van der Waals surface area contributed by atoms with Crippen molar-refractivity contribution in [3.05, 3.63) is 38.1 Å². The number of aliphatic carboxylic acids is 1. The Bertz CT molecular complexity index is 839. The van der Waals surface area contributed by atoms with E-state index in [0.717, 1.165) is 23.4 Å². The lowest BCUT2D eigenvalue weighted by Gasteiger charge is -2.37. The fourth-order valence-electron chi connectivity index (χ4n) is 3.12. The minimum atomic E-state index is -1.08. The van der Waals surface area contributed by atoms with Gasteiger partial charge in [0.15, 0.2) is 0 Å². The van der Waals surface area contributed by atoms with Crippen molar-refractivity contribution in [2.24, 2.45) is 0 Å². The molecule has 2 amide bonds. The Balaban J connectivity index is 1.56. The van der Waals surface area contributed by atoms with Gasteiger partial charge in [0.05, 0.1) is 5.57 Å². The average molecular weight is 362 g/mol. The van der Waals surface area contributed by atoms with Gasteiger partial charge in [-0.05, 0) is 24.1 Å². The van der Waals surface area contributed by atoms with Gasteiger partial charge >= 0.3 is 5.97 Å². The number of nitrogens with zero attached hydrogens (tertiary/aromatic N) is 2. The van der Waals surface area contributed by atoms with Crippen molar-refractivity contribution in [2.45, 2.75) is 25.3 Å². The summed E-state index contributed by atoms with van der Waals surface area (Å²) in [6.45, 7) is 2.93. The Labute approximate surface area is 146 Å². The number of thioether (sulfide) groups is 1. The average Bonchev–Trinajstić information content (AvgIpc) is 3.12. The topological polar surface area (TPSA) is 77.9 Å². The quantitative estimate of drug-likeness (QED) is 0.642. The predicted molar refractivity (Wildman–Crippen MR) is 91.0 cm³/mol. The molecule has 4 heterocycles. The van der Waals surface area contributed by atoms with Gasteiger partial charge in [-0.15, -0.1) is 23.1 Å². The molecule has 1 aromatic rings. The molecular formula is C16H14N2O4S2. The van der Waals surface area contributed by atoms with Crippen molar-refractivity contribution in [3.8, 4) is 0 Å². The summed E-state index contributed by atoms with van der Waals surface area (Å²) in [5.41, 5.74) is 1.82. The van der Waals surface area contributed by atoms with Crippen molar-refractivity contribution in [1.82, 2.24) is 9.80 Å². The van der Waals surface area contributed by atoms with E-state index in [9.17, 15) is 14.4 Å². The first kappa shape index (κ1) is 15.5. The molecule has 4 rings (SSSR count). The highest BCUT2D eigenvalue weighted by atomic mass is 32.2. The maximum absolute atomic E-state index is 12.2. The van der Waals surface area contributed by atoms with Gasteiger partial charge in [-0.25, -0.2) is 4.79 Å². The summed E-state index contributed by atoms with van der Waals surface area (Å²) in [6, 6.07) is 2.03. The van der Waals surface area contributed by atoms with Gasteiger partial charge in [-0.1, -0.05) is 0 Å². The number of carbonyl (C=O) groups is 3. The second-order valence-corrected chi connectivity index (χ2v) is 7.98. The number of rotatable bonds is 2. The second-order valence-electron chi connectivity index (χ2n) is 5.86. The molecule has 0 aromatic carbocycles. The van der Waals surface area contributed by atoms with Crippen molar-refractivity contribution >= 4 is 47.0 Å². The van der Waals surface area contributed by atoms with Crippen LogP contribution in [0.3, 0.4) is 0 Å². The SMILES string of the molecule is CC(=O)N1CCc2sc(C=C3C(=O)N4C(C(=O)O)=CS[C@H]34)cc2C1. The molecule has 0 saturated carbocycles. The first-order valence-electron chi connectivity index (χ1n) is 7.47. The van der Waals surface area contributed by atoms with Crippen molar-refractivity contribution in [2.75, 3.05) is 6.54 Å². The van der Waals surface area contributed by atoms with Crippen LogP contribution in [0, 0.1) is 0 Å². The normalized spacial score (nSPS) is 23.7. The summed E-state index contributed by atoms with van der Waals surface area (Å²) in [4.78, 5) is 40.2. The van der Waals surface area contributed by atoms with Crippen molar-refractivity contribution < 1.29 is 19.5 Å². The minimum absolute atomic E-state index is 0.0507. The Hall–Kier alpha value is -2.06. The predicted octanol–water partition coefficient (Wildman–Crippen LogP) is 1.88. The fraction of sp³-hybridized carbons (Fsp3) is 0.312. The van der Waals surface area contributed by atoms with E-state index in [2.05, 4.69) is 0 Å². The lowest BCUT2D eigenvalue weighted by atomic mass is 10.0. The van der Waals surface area contributed by atoms with Gasteiger partial charge < -0.3 is 10.0 Å². The molecule has 1 N–H and O–H groups in total. The summed E-state index contributed by atoms with van der Waals surface area (Å²) in [5.74, 6) is -1.24. The summed E-state index contributed by atoms with van der Waals surface area (Å²) in [5, 5.41) is 10.4. The molecule has 0 unspecified atom stereocenters. The molecule has 124 valence electrons. The lowest BCUT2D eigenvalue weighted by molar-refractivity contribution is -0.141. The van der Waals surface area contributed by atoms with Gasteiger partial charge in [-0.2, -0.15) is 0 Å². The number of amides is 2. The van der Waals surface area contributed by atoms with Crippen molar-refractivity contribution in [3.63, 3.8) is 0 Å². The van der Waals surface area contributed by atoms with Crippen LogP contribution in [-0.4, -0.2) is 44.6 Å². The zero-order chi connectivity index (χ0) is 17.0. The Morgan fingerprint density at radius 3 is 2.92 bits per heavy atom. The van der Waals surface area contributed by atoms with Crippen LogP contribution in [0.25, 0.3) is 6.08 Å². The third-order valence-electron chi connectivity index (χ3n) is 4.38. The van der Waals surface area contributed by atoms with E-state index in [1.807, 2.05) is 17.0 Å². The molecule has 24 heavy (non-hydrogen) atoms. The second kappa shape index (κ2) is 5.49. The highest BCUT2D eigenvalue weighted by molar-refractivity contribution is 8.03. The number of thiophene rings is 1. The monoisotopic (exact) mass is 362 g/mol. The van der Waals surface area contributed by atoms with E-state index in [1.165, 1.54) is 26.9 Å². The molecule has 1 aromatic heterocycles. The molecule has 3 aliphatic rings. The third-order valence-corrected chi connectivity index (χ3v) is 6.65. The lowest BCUT2D eigenvalue weighted by Crippen LogP contribution is -2.51. The smallest absolute Gasteiger partial charge is 0.353 e. The van der Waals surface area contributed by atoms with Crippen LogP contribution in [0.1, 0.15) is 22.2 Å². The summed E-state index contributed by atoms with van der Waals surface area (Å²) in [7, 11) is 0. The largest absolute Gasteiger partial charge is 0.477 e. The van der Waals surface area contributed by atoms with Gasteiger partial charge in [0.1, 0.15) is 11.1 Å². The van der Waals surface area contributed by atoms with E-state index in [4.69, 9.17) is 5.11 Å². The summed E-state index contributed by atoms with van der Waals surface area (Å²) >= 11 is 2.99. The molecule has 6 nitrogen and oxygen atoms in total. The maximum Gasteiger partial charge on any atom is 0.353 e. The summed E-state index contributed by atoms with van der Waals surface area (Å²) in [6.07, 6.45) is 2.70. The molecular weight excluding hydrogens is 348 g/mol. The van der Waals surface area contributed by atoms with Gasteiger partial charge in [0.25, 0.3) is 5.91 Å². The number of hydrogen-bond donors (Lipinski definition) is 1. The first-order valence-corrected chi connectivity index (χ1v) is 9.23. The Morgan fingerprint density at radius 1 is 1.42 bits per heavy atom. The molecule has 8 heteroatoms. The van der Waals surface area contributed by atoms with E-state index < -0.39 is 5.97 Å². The fourth-order valence-corrected chi connectivity index (χ4v) is 5.35. The molecule has 0 bridgehead atoms. The molecule has 0 spiro atoms. The van der Waals surface area contributed by atoms with E-state index in [1.54, 1.807) is 18.3 Å². The molecule has 1 saturated heterocycles. The zero-order valence-electron chi connectivity index (χ0n) is 12.8. The maximum atomic E-state index is 12.2. The molecule has 1 atom stereocenters. The van der Waals surface area contributed by atoms with Crippen LogP contribution in [0.5, 0.6) is 0 Å². The zero-order valence-corrected chi connectivity index (χ0v) is 14.4. The van der Waals surface area contributed by atoms with Gasteiger partial charge in [-0.3, -0.25) is 14.5 Å². The van der Waals surface area contributed by atoms with Gasteiger partial charge in [0.2, 0.25) is 5.91 Å². The van der Waals surface area contributed by atoms with Crippen LogP contribution in [0.4, 0.5) is 0 Å². The Morgan fingerprint density at radius 2 is 2.21 bits per heavy atom. The van der Waals surface area contributed by atoms with Crippen LogP contribution in [0.15, 0.2) is 22.7 Å². The van der Waals surface area contributed by atoms with E-state index in [-0.39, 0.29) is 22.9 Å². The third kappa shape index (κ3) is 2.29. The van der Waals surface area contributed by atoms with E-state index >= 15 is 0 Å². The van der Waals surface area contributed by atoms with E-state index in [0.29, 0.717) is 12.1 Å². The highest BCUT2D eigenvalue weighted by Gasteiger charge is 2.49. The summed E-state index contributed by atoms with van der Waals surface area (Å²) < 4.78 is 0. The van der Waals surface area contributed by atoms with Crippen LogP contribution in [0.2, 0.25) is 0 Å². The highest BCUT2D eigenvalue weighted by Crippen LogP contribution is 2.45.